The Labute approximate surface area is 190 Å². The van der Waals surface area contributed by atoms with Gasteiger partial charge in [0.2, 0.25) is 5.95 Å². The Morgan fingerprint density at radius 3 is 2.55 bits per heavy atom. The van der Waals surface area contributed by atoms with Crippen LogP contribution >= 0.6 is 0 Å². The molecule has 9 heteroatoms. The molecule has 0 atom stereocenters. The van der Waals surface area contributed by atoms with Gasteiger partial charge >= 0.3 is 5.69 Å². The molecule has 0 saturated heterocycles. The Kier molecular flexibility index (Phi) is 6.12. The summed E-state index contributed by atoms with van der Waals surface area (Å²) in [6.45, 7) is 2.45. The number of nitrogens with one attached hydrogen (secondary N) is 1. The Morgan fingerprint density at radius 1 is 1.03 bits per heavy atom. The summed E-state index contributed by atoms with van der Waals surface area (Å²) in [6.07, 6.45) is 2.17. The number of nitrogens with zero attached hydrogens (tertiary/aromatic N) is 4. The maximum atomic E-state index is 13.2. The summed E-state index contributed by atoms with van der Waals surface area (Å²) < 4.78 is 13.1. The van der Waals surface area contributed by atoms with Gasteiger partial charge in [0.25, 0.3) is 5.56 Å². The van der Waals surface area contributed by atoms with E-state index in [0.717, 1.165) is 15.7 Å². The first kappa shape index (κ1) is 22.1. The number of aryl methyl sites for hydroxylation is 2. The molecule has 2 aromatic heterocycles. The highest BCUT2D eigenvalue weighted by molar-refractivity contribution is 5.74. The van der Waals surface area contributed by atoms with Crippen molar-refractivity contribution in [2.24, 2.45) is 7.05 Å². The minimum Gasteiger partial charge on any atom is -0.493 e. The van der Waals surface area contributed by atoms with Crippen molar-refractivity contribution in [3.63, 3.8) is 0 Å². The summed E-state index contributed by atoms with van der Waals surface area (Å²) in [5.74, 6) is 1.65. The number of benzene rings is 2. The van der Waals surface area contributed by atoms with E-state index in [4.69, 9.17) is 9.47 Å². The molecule has 0 saturated carbocycles. The number of ether oxygens (including phenoxy) is 2. The second-order valence-corrected chi connectivity index (χ2v) is 7.61. The van der Waals surface area contributed by atoms with Crippen LogP contribution in [0.25, 0.3) is 16.7 Å². The maximum absolute atomic E-state index is 13.2. The van der Waals surface area contributed by atoms with E-state index < -0.39 is 11.2 Å². The zero-order chi connectivity index (χ0) is 23.5. The second-order valence-electron chi connectivity index (χ2n) is 7.61. The first-order valence-corrected chi connectivity index (χ1v) is 10.4. The van der Waals surface area contributed by atoms with Crippen LogP contribution in [0.5, 0.6) is 11.5 Å². The third-order valence-corrected chi connectivity index (χ3v) is 5.42. The predicted molar refractivity (Wildman–Crippen MR) is 127 cm³/mol. The van der Waals surface area contributed by atoms with Crippen LogP contribution in [0.15, 0.2) is 58.3 Å². The molecule has 2 heterocycles. The monoisotopic (exact) mass is 447 g/mol. The zero-order valence-electron chi connectivity index (χ0n) is 19.0. The topological polar surface area (TPSA) is 100 Å². The van der Waals surface area contributed by atoms with Crippen LogP contribution < -0.4 is 26.0 Å². The highest BCUT2D eigenvalue weighted by Gasteiger charge is 2.15. The molecule has 0 aliphatic heterocycles. The van der Waals surface area contributed by atoms with Crippen LogP contribution in [-0.4, -0.2) is 39.9 Å². The van der Waals surface area contributed by atoms with Crippen LogP contribution in [0.1, 0.15) is 11.1 Å². The summed E-state index contributed by atoms with van der Waals surface area (Å²) >= 11 is 0. The molecular formula is C24H25N5O4. The molecule has 0 aliphatic carbocycles. The Hall–Kier alpha value is -4.14. The zero-order valence-corrected chi connectivity index (χ0v) is 19.0. The highest BCUT2D eigenvalue weighted by atomic mass is 16.5. The average Bonchev–Trinajstić information content (AvgIpc) is 2.82. The average molecular weight is 447 g/mol. The summed E-state index contributed by atoms with van der Waals surface area (Å²) in [5, 5.41) is 3.15. The molecular weight excluding hydrogens is 422 g/mol. The largest absolute Gasteiger partial charge is 0.493 e. The van der Waals surface area contributed by atoms with Gasteiger partial charge in [-0.25, -0.2) is 19.3 Å². The van der Waals surface area contributed by atoms with E-state index in [9.17, 15) is 9.59 Å². The van der Waals surface area contributed by atoms with Crippen molar-refractivity contribution < 1.29 is 9.47 Å². The molecule has 4 aromatic rings. The van der Waals surface area contributed by atoms with Gasteiger partial charge in [0.1, 0.15) is 0 Å². The van der Waals surface area contributed by atoms with Crippen molar-refractivity contribution in [3.8, 4) is 17.2 Å². The highest BCUT2D eigenvalue weighted by Crippen LogP contribution is 2.27. The van der Waals surface area contributed by atoms with Crippen molar-refractivity contribution in [2.45, 2.75) is 13.3 Å². The standard InChI is InChI=1S/C24H25N5O4/c1-15-6-5-7-17(12-15)29-22(30)21-18(28(2)24(29)31)14-26-23(27-21)25-11-10-16-8-9-19(32-3)20(13-16)33-4/h5-9,12-14H,10-11H2,1-4H3,(H,25,26,27). The quantitative estimate of drug-likeness (QED) is 0.464. The number of hydrogen-bond acceptors (Lipinski definition) is 7. The third-order valence-electron chi connectivity index (χ3n) is 5.42. The van der Waals surface area contributed by atoms with E-state index in [0.29, 0.717) is 41.6 Å². The summed E-state index contributed by atoms with van der Waals surface area (Å²) in [6, 6.07) is 13.0. The fraction of sp³-hybridized carbons (Fsp3) is 0.250. The Balaban J connectivity index is 1.63. The van der Waals surface area contributed by atoms with E-state index in [1.54, 1.807) is 33.4 Å². The Bertz CT molecular complexity index is 1440. The van der Waals surface area contributed by atoms with Crippen molar-refractivity contribution in [2.75, 3.05) is 26.1 Å². The van der Waals surface area contributed by atoms with Gasteiger partial charge in [0.15, 0.2) is 17.0 Å². The number of anilines is 1. The van der Waals surface area contributed by atoms with Crippen molar-refractivity contribution in [3.05, 3.63) is 80.6 Å². The second kappa shape index (κ2) is 9.15. The first-order chi connectivity index (χ1) is 15.9. The SMILES string of the molecule is COc1ccc(CCNc2ncc3c(n2)c(=O)n(-c2cccc(C)c2)c(=O)n3C)cc1OC. The number of rotatable bonds is 7. The van der Waals surface area contributed by atoms with Gasteiger partial charge in [-0.1, -0.05) is 18.2 Å². The van der Waals surface area contributed by atoms with E-state index in [1.165, 1.54) is 10.8 Å². The lowest BCUT2D eigenvalue weighted by Crippen LogP contribution is -2.38. The lowest BCUT2D eigenvalue weighted by molar-refractivity contribution is 0.354. The molecule has 1 N–H and O–H groups in total. The minimum atomic E-state index is -0.482. The molecule has 0 bridgehead atoms. The van der Waals surface area contributed by atoms with Gasteiger partial charge in [0, 0.05) is 13.6 Å². The van der Waals surface area contributed by atoms with Crippen molar-refractivity contribution in [1.82, 2.24) is 19.1 Å². The van der Waals surface area contributed by atoms with Gasteiger partial charge < -0.3 is 14.8 Å². The van der Waals surface area contributed by atoms with Gasteiger partial charge in [-0.05, 0) is 48.7 Å². The van der Waals surface area contributed by atoms with Crippen LogP contribution in [0, 0.1) is 6.92 Å². The fourth-order valence-electron chi connectivity index (χ4n) is 3.66. The molecule has 9 nitrogen and oxygen atoms in total. The molecule has 0 spiro atoms. The number of methoxy groups -OCH3 is 2. The molecule has 0 amide bonds. The molecule has 4 rings (SSSR count). The number of hydrogen-bond donors (Lipinski definition) is 1. The lowest BCUT2D eigenvalue weighted by atomic mass is 10.1. The summed E-state index contributed by atoms with van der Waals surface area (Å²) in [7, 11) is 4.79. The van der Waals surface area contributed by atoms with E-state index in [2.05, 4.69) is 15.3 Å². The van der Waals surface area contributed by atoms with E-state index >= 15 is 0 Å². The van der Waals surface area contributed by atoms with Gasteiger partial charge in [-0.2, -0.15) is 0 Å². The smallest absolute Gasteiger partial charge is 0.336 e. The van der Waals surface area contributed by atoms with Gasteiger partial charge in [-0.3, -0.25) is 9.36 Å². The van der Waals surface area contributed by atoms with Crippen molar-refractivity contribution in [1.29, 1.82) is 0 Å². The molecule has 170 valence electrons. The third kappa shape index (κ3) is 4.30. The van der Waals surface area contributed by atoms with E-state index in [-0.39, 0.29) is 5.52 Å². The van der Waals surface area contributed by atoms with Crippen LogP contribution in [0.3, 0.4) is 0 Å². The predicted octanol–water partition coefficient (Wildman–Crippen LogP) is 2.46. The fourth-order valence-corrected chi connectivity index (χ4v) is 3.66. The normalized spacial score (nSPS) is 10.9. The van der Waals surface area contributed by atoms with Gasteiger partial charge in [-0.15, -0.1) is 0 Å². The maximum Gasteiger partial charge on any atom is 0.336 e. The lowest BCUT2D eigenvalue weighted by Gasteiger charge is -2.12. The van der Waals surface area contributed by atoms with Crippen molar-refractivity contribution >= 4 is 17.0 Å². The molecule has 0 aliphatic rings. The van der Waals surface area contributed by atoms with Crippen LogP contribution in [0.4, 0.5) is 5.95 Å². The molecule has 2 aromatic carbocycles. The molecule has 0 unspecified atom stereocenters. The molecule has 0 fully saturated rings. The van der Waals surface area contributed by atoms with E-state index in [1.807, 2.05) is 37.3 Å². The molecule has 0 radical (unpaired) electrons. The molecule has 33 heavy (non-hydrogen) atoms. The summed E-state index contributed by atoms with van der Waals surface area (Å²) in [5.41, 5.74) is 2.11. The van der Waals surface area contributed by atoms with Gasteiger partial charge in [0.05, 0.1) is 31.6 Å². The first-order valence-electron chi connectivity index (χ1n) is 10.4. The Morgan fingerprint density at radius 2 is 1.82 bits per heavy atom. The van der Waals surface area contributed by atoms with Crippen LogP contribution in [0.2, 0.25) is 0 Å². The van der Waals surface area contributed by atoms with Crippen LogP contribution in [-0.2, 0) is 13.5 Å². The summed E-state index contributed by atoms with van der Waals surface area (Å²) in [4.78, 5) is 34.8. The minimum absolute atomic E-state index is 0.169. The number of fused-ring (bicyclic) bond motifs is 1. The number of aromatic nitrogens is 4.